The molecule has 0 fully saturated rings. The second kappa shape index (κ2) is 14.1. The third kappa shape index (κ3) is 6.57. The molecule has 4 aliphatic heterocycles. The number of rotatable bonds is 10. The Kier molecular flexibility index (Phi) is 9.04. The van der Waals surface area contributed by atoms with Gasteiger partial charge >= 0.3 is 0 Å². The van der Waals surface area contributed by atoms with Crippen molar-refractivity contribution in [2.75, 3.05) is 27.4 Å². The predicted octanol–water partition coefficient (Wildman–Crippen LogP) is 8.11. The zero-order valence-electron chi connectivity index (χ0n) is 30.2. The van der Waals surface area contributed by atoms with Crippen LogP contribution >= 0.6 is 0 Å². The molecule has 268 valence electrons. The minimum Gasteiger partial charge on any atom is -0.493 e. The fraction of sp³-hybridized carbons (Fsp3) is 0.256. The van der Waals surface area contributed by atoms with Crippen LogP contribution in [0.3, 0.4) is 0 Å². The lowest BCUT2D eigenvalue weighted by atomic mass is 10.0. The summed E-state index contributed by atoms with van der Waals surface area (Å²) in [5, 5.41) is 0. The lowest BCUT2D eigenvalue weighted by Gasteiger charge is -2.19. The van der Waals surface area contributed by atoms with Gasteiger partial charge in [-0.15, -0.1) is 0 Å². The van der Waals surface area contributed by atoms with Crippen LogP contribution in [0.25, 0.3) is 11.1 Å². The summed E-state index contributed by atoms with van der Waals surface area (Å²) in [5.74, 6) is 1.61. The number of hydrogen-bond acceptors (Lipinski definition) is 8. The van der Waals surface area contributed by atoms with Crippen molar-refractivity contribution in [1.29, 1.82) is 0 Å². The van der Waals surface area contributed by atoms with E-state index in [2.05, 4.69) is 62.4 Å². The number of fused-ring (bicyclic) bond motifs is 4. The third-order valence-electron chi connectivity index (χ3n) is 10.1. The Morgan fingerprint density at radius 3 is 1.42 bits per heavy atom. The van der Waals surface area contributed by atoms with Crippen molar-refractivity contribution in [3.8, 4) is 23.0 Å². The van der Waals surface area contributed by atoms with E-state index in [1.165, 1.54) is 11.1 Å². The first kappa shape index (κ1) is 34.0. The maximum absolute atomic E-state index is 13.7. The normalized spacial score (nSPS) is 18.3. The summed E-state index contributed by atoms with van der Waals surface area (Å²) >= 11 is 0. The molecule has 0 saturated heterocycles. The van der Waals surface area contributed by atoms with Gasteiger partial charge in [0.05, 0.1) is 62.0 Å². The number of methoxy groups -OCH3 is 2. The van der Waals surface area contributed by atoms with Crippen molar-refractivity contribution in [3.05, 3.63) is 119 Å². The molecule has 53 heavy (non-hydrogen) atoms. The minimum atomic E-state index is -0.168. The Hall–Kier alpha value is -6.16. The number of aliphatic imine (C=N–C) groups is 2. The van der Waals surface area contributed by atoms with E-state index in [1.54, 1.807) is 48.3 Å². The van der Waals surface area contributed by atoms with E-state index in [1.807, 2.05) is 24.8 Å². The van der Waals surface area contributed by atoms with Crippen LogP contribution < -0.4 is 18.9 Å². The molecule has 0 spiro atoms. The van der Waals surface area contributed by atoms with Crippen molar-refractivity contribution in [3.63, 3.8) is 0 Å². The van der Waals surface area contributed by atoms with Gasteiger partial charge in [-0.25, -0.2) is 0 Å². The second-order valence-electron chi connectivity index (χ2n) is 13.7. The molecule has 0 aliphatic carbocycles. The molecular weight excluding hydrogens is 668 g/mol. The second-order valence-corrected chi connectivity index (χ2v) is 13.7. The van der Waals surface area contributed by atoms with Gasteiger partial charge < -0.3 is 28.7 Å². The van der Waals surface area contributed by atoms with Crippen LogP contribution in [0.2, 0.25) is 0 Å². The summed E-state index contributed by atoms with van der Waals surface area (Å²) in [6, 6.07) is 23.2. The Morgan fingerprint density at radius 1 is 0.604 bits per heavy atom. The molecule has 10 nitrogen and oxygen atoms in total. The summed E-state index contributed by atoms with van der Waals surface area (Å²) in [5.41, 5.74) is 8.77. The van der Waals surface area contributed by atoms with Crippen LogP contribution in [-0.4, -0.2) is 73.6 Å². The van der Waals surface area contributed by atoms with Gasteiger partial charge in [0.25, 0.3) is 11.8 Å². The van der Waals surface area contributed by atoms with Gasteiger partial charge in [0.15, 0.2) is 23.0 Å². The number of aryl methyl sites for hydroxylation is 2. The molecule has 0 radical (unpaired) electrons. The van der Waals surface area contributed by atoms with Gasteiger partial charge in [0.2, 0.25) is 0 Å². The van der Waals surface area contributed by atoms with Gasteiger partial charge in [-0.05, 0) is 48.3 Å². The standard InChI is InChI=1S/C43H40N4O6/c1-26-6-10-28(11-7-26)30-16-32-22-44-36-20-40(38(50-3)18-34(36)42(48)46(32)24-30)52-14-5-15-53-41-21-37-35(19-39(41)51-4)43(49)47-25-31(17-33(47)23-45-37)29-12-8-27(2)9-13-29/h6-13,18-25,32-33H,5,14-17H2,1-4H3/t32-,33-/m0/s1. The summed E-state index contributed by atoms with van der Waals surface area (Å²) in [4.78, 5) is 40.4. The molecule has 10 heteroatoms. The maximum atomic E-state index is 13.7. The van der Waals surface area contributed by atoms with Gasteiger partial charge in [0.1, 0.15) is 0 Å². The molecule has 0 aromatic heterocycles. The van der Waals surface area contributed by atoms with Crippen LogP contribution in [0.5, 0.6) is 23.0 Å². The number of nitrogens with zero attached hydrogens (tertiary/aromatic N) is 4. The summed E-state index contributed by atoms with van der Waals surface area (Å²) in [7, 11) is 3.11. The van der Waals surface area contributed by atoms with E-state index >= 15 is 0 Å². The minimum absolute atomic E-state index is 0.132. The summed E-state index contributed by atoms with van der Waals surface area (Å²) in [6.07, 6.45) is 9.45. The highest BCUT2D eigenvalue weighted by atomic mass is 16.5. The fourth-order valence-corrected chi connectivity index (χ4v) is 7.10. The van der Waals surface area contributed by atoms with Crippen molar-refractivity contribution in [2.45, 2.75) is 45.2 Å². The molecule has 8 rings (SSSR count). The lowest BCUT2D eigenvalue weighted by molar-refractivity contribution is 0.0809. The number of hydrogen-bond donors (Lipinski definition) is 0. The van der Waals surface area contributed by atoms with E-state index in [0.717, 1.165) is 22.3 Å². The van der Waals surface area contributed by atoms with Crippen LogP contribution in [0, 0.1) is 13.8 Å². The fourth-order valence-electron chi connectivity index (χ4n) is 7.10. The first-order chi connectivity index (χ1) is 25.8. The van der Waals surface area contributed by atoms with Gasteiger partial charge in [-0.2, -0.15) is 0 Å². The first-order valence-corrected chi connectivity index (χ1v) is 17.8. The van der Waals surface area contributed by atoms with Crippen LogP contribution in [0.4, 0.5) is 11.4 Å². The van der Waals surface area contributed by atoms with Gasteiger partial charge in [0, 0.05) is 56.2 Å². The van der Waals surface area contributed by atoms with E-state index in [9.17, 15) is 9.59 Å². The number of carbonyl (C=O) groups excluding carboxylic acids is 2. The average Bonchev–Trinajstić information content (AvgIpc) is 3.75. The van der Waals surface area contributed by atoms with Crippen molar-refractivity contribution in [1.82, 2.24) is 9.80 Å². The first-order valence-electron chi connectivity index (χ1n) is 17.8. The summed E-state index contributed by atoms with van der Waals surface area (Å²) < 4.78 is 23.5. The molecule has 4 aromatic carbocycles. The topological polar surface area (TPSA) is 102 Å². The van der Waals surface area contributed by atoms with E-state index in [-0.39, 0.29) is 23.9 Å². The molecule has 2 amide bonds. The predicted molar refractivity (Wildman–Crippen MR) is 205 cm³/mol. The number of carbonyl (C=O) groups is 2. The lowest BCUT2D eigenvalue weighted by Crippen LogP contribution is -2.32. The highest BCUT2D eigenvalue weighted by molar-refractivity contribution is 6.06. The summed E-state index contributed by atoms with van der Waals surface area (Å²) in [6.45, 7) is 4.76. The molecule has 4 aliphatic rings. The zero-order valence-corrected chi connectivity index (χ0v) is 30.2. The molecule has 0 bridgehead atoms. The smallest absolute Gasteiger partial charge is 0.260 e. The van der Waals surface area contributed by atoms with Crippen LogP contribution in [0.15, 0.2) is 95.2 Å². The van der Waals surface area contributed by atoms with E-state index in [0.29, 0.717) is 78.0 Å². The van der Waals surface area contributed by atoms with Crippen molar-refractivity contribution < 1.29 is 28.5 Å². The molecule has 0 N–H and O–H groups in total. The molecule has 0 saturated carbocycles. The van der Waals surface area contributed by atoms with Crippen LogP contribution in [0.1, 0.15) is 62.2 Å². The Balaban J connectivity index is 0.913. The SMILES string of the molecule is COc1cc2c(cc1OCCCOc1cc3c(cc1OC)C(=O)N1C=C(c4ccc(C)cc4)C[C@H]1C=N3)N=C[C@@H]1CC(c3ccc(C)cc3)=CN1C2=O. The molecule has 2 atom stereocenters. The van der Waals surface area contributed by atoms with Gasteiger partial charge in [-0.3, -0.25) is 19.6 Å². The zero-order chi connectivity index (χ0) is 36.6. The largest absolute Gasteiger partial charge is 0.493 e. The molecular formula is C43H40N4O6. The average molecular weight is 709 g/mol. The molecule has 4 heterocycles. The maximum Gasteiger partial charge on any atom is 0.260 e. The number of amides is 2. The molecule has 4 aromatic rings. The quantitative estimate of drug-likeness (QED) is 0.154. The highest BCUT2D eigenvalue weighted by Gasteiger charge is 2.35. The highest BCUT2D eigenvalue weighted by Crippen LogP contribution is 2.41. The van der Waals surface area contributed by atoms with E-state index in [4.69, 9.17) is 28.9 Å². The Morgan fingerprint density at radius 2 is 1.02 bits per heavy atom. The number of ether oxygens (including phenoxy) is 4. The third-order valence-corrected chi connectivity index (χ3v) is 10.1. The van der Waals surface area contributed by atoms with Crippen LogP contribution in [-0.2, 0) is 0 Å². The van der Waals surface area contributed by atoms with Crippen molar-refractivity contribution in [2.24, 2.45) is 9.98 Å². The number of benzene rings is 4. The molecule has 0 unspecified atom stereocenters. The van der Waals surface area contributed by atoms with E-state index < -0.39 is 0 Å². The van der Waals surface area contributed by atoms with Crippen molar-refractivity contribution >= 4 is 46.8 Å². The Labute approximate surface area is 308 Å². The van der Waals surface area contributed by atoms with Gasteiger partial charge in [-0.1, -0.05) is 59.7 Å². The Bertz CT molecular complexity index is 2060. The monoisotopic (exact) mass is 708 g/mol.